The largest absolute Gasteiger partial charge is 0.391 e. The van der Waals surface area contributed by atoms with Crippen molar-refractivity contribution in [3.63, 3.8) is 0 Å². The second-order valence-electron chi connectivity index (χ2n) is 8.27. The molecule has 0 radical (unpaired) electrons. The summed E-state index contributed by atoms with van der Waals surface area (Å²) in [4.78, 5) is 29.3. The molecular formula is C20H28N2O4S. The average molecular weight is 393 g/mol. The van der Waals surface area contributed by atoms with Crippen LogP contribution in [0.4, 0.5) is 0 Å². The van der Waals surface area contributed by atoms with Crippen molar-refractivity contribution in [3.05, 3.63) is 22.4 Å². The lowest BCUT2D eigenvalue weighted by atomic mass is 9.71. The highest BCUT2D eigenvalue weighted by Crippen LogP contribution is 2.41. The first-order chi connectivity index (χ1) is 13.1. The van der Waals surface area contributed by atoms with Gasteiger partial charge in [0.1, 0.15) is 0 Å². The lowest BCUT2D eigenvalue weighted by Crippen LogP contribution is -2.56. The van der Waals surface area contributed by atoms with Gasteiger partial charge in [0.25, 0.3) is 5.91 Å². The Hall–Kier alpha value is -1.44. The highest BCUT2D eigenvalue weighted by Gasteiger charge is 2.44. The lowest BCUT2D eigenvalue weighted by molar-refractivity contribution is -0.142. The van der Waals surface area contributed by atoms with Gasteiger partial charge in [0, 0.05) is 50.7 Å². The molecule has 4 rings (SSSR count). The van der Waals surface area contributed by atoms with Crippen LogP contribution < -0.4 is 0 Å². The molecular weight excluding hydrogens is 364 g/mol. The number of β-amino-alcohol motifs (C(OH)–C–C–N with tert-alkyl or cyclic N) is 1. The van der Waals surface area contributed by atoms with Gasteiger partial charge in [-0.25, -0.2) is 0 Å². The molecule has 0 saturated carbocycles. The van der Waals surface area contributed by atoms with Crippen LogP contribution in [0.2, 0.25) is 0 Å². The molecule has 1 aromatic heterocycles. The molecule has 1 unspecified atom stereocenters. The van der Waals surface area contributed by atoms with Crippen LogP contribution in [0.15, 0.2) is 16.8 Å². The number of thiophene rings is 1. The van der Waals surface area contributed by atoms with Gasteiger partial charge in [-0.05, 0) is 49.0 Å². The molecule has 7 heteroatoms. The van der Waals surface area contributed by atoms with Crippen LogP contribution in [0.5, 0.6) is 0 Å². The molecule has 27 heavy (non-hydrogen) atoms. The fraction of sp³-hybridized carbons (Fsp3) is 0.700. The number of aliphatic hydroxyl groups excluding tert-OH is 1. The van der Waals surface area contributed by atoms with Gasteiger partial charge in [0.2, 0.25) is 5.91 Å². The molecule has 1 atom stereocenters. The van der Waals surface area contributed by atoms with Crippen LogP contribution >= 0.6 is 11.3 Å². The van der Waals surface area contributed by atoms with Crippen molar-refractivity contribution in [2.75, 3.05) is 39.4 Å². The van der Waals surface area contributed by atoms with E-state index in [0.29, 0.717) is 31.9 Å². The topological polar surface area (TPSA) is 70.1 Å². The molecule has 3 fully saturated rings. The van der Waals surface area contributed by atoms with Crippen LogP contribution in [0, 0.1) is 11.3 Å². The molecule has 3 aliphatic heterocycles. The summed E-state index contributed by atoms with van der Waals surface area (Å²) in [6.45, 7) is 3.89. The van der Waals surface area contributed by atoms with Gasteiger partial charge < -0.3 is 19.6 Å². The summed E-state index contributed by atoms with van der Waals surface area (Å²) >= 11 is 1.51. The van der Waals surface area contributed by atoms with E-state index in [9.17, 15) is 14.7 Å². The molecule has 2 amide bonds. The zero-order chi connectivity index (χ0) is 18.9. The van der Waals surface area contributed by atoms with Crippen LogP contribution in [-0.2, 0) is 9.53 Å². The number of hydrogen-bond acceptors (Lipinski definition) is 5. The minimum Gasteiger partial charge on any atom is -0.391 e. The summed E-state index contributed by atoms with van der Waals surface area (Å²) in [6.07, 6.45) is 3.59. The quantitative estimate of drug-likeness (QED) is 0.836. The number of carbonyl (C=O) groups excluding carboxylic acids is 2. The molecule has 0 bridgehead atoms. The Balaban J connectivity index is 1.39. The van der Waals surface area contributed by atoms with E-state index in [4.69, 9.17) is 4.74 Å². The van der Waals surface area contributed by atoms with E-state index in [-0.39, 0.29) is 23.1 Å². The fourth-order valence-corrected chi connectivity index (χ4v) is 5.47. The average Bonchev–Trinajstić information content (AvgIpc) is 3.22. The number of aliphatic hydroxyl groups is 1. The first kappa shape index (κ1) is 18.9. The van der Waals surface area contributed by atoms with Gasteiger partial charge in [-0.3, -0.25) is 9.59 Å². The van der Waals surface area contributed by atoms with Gasteiger partial charge >= 0.3 is 0 Å². The molecule has 0 aliphatic carbocycles. The summed E-state index contributed by atoms with van der Waals surface area (Å²) in [6, 6.07) is 1.84. The first-order valence-corrected chi connectivity index (χ1v) is 10.9. The van der Waals surface area contributed by atoms with Crippen molar-refractivity contribution in [3.8, 4) is 0 Å². The molecule has 0 aromatic carbocycles. The van der Waals surface area contributed by atoms with E-state index in [1.54, 1.807) is 0 Å². The van der Waals surface area contributed by atoms with E-state index in [0.717, 1.165) is 45.2 Å². The van der Waals surface area contributed by atoms with Gasteiger partial charge in [-0.15, -0.1) is 0 Å². The zero-order valence-corrected chi connectivity index (χ0v) is 16.5. The summed E-state index contributed by atoms with van der Waals surface area (Å²) in [5.41, 5.74) is 0.631. The second-order valence-corrected chi connectivity index (χ2v) is 9.05. The molecule has 3 saturated heterocycles. The monoisotopic (exact) mass is 392 g/mol. The van der Waals surface area contributed by atoms with E-state index < -0.39 is 6.10 Å². The third kappa shape index (κ3) is 4.05. The fourth-order valence-electron chi connectivity index (χ4n) is 4.84. The van der Waals surface area contributed by atoms with Crippen molar-refractivity contribution in [1.82, 2.24) is 9.80 Å². The number of nitrogens with zero attached hydrogens (tertiary/aromatic N) is 2. The predicted molar refractivity (Wildman–Crippen MR) is 103 cm³/mol. The Bertz CT molecular complexity index is 664. The molecule has 6 nitrogen and oxygen atoms in total. The highest BCUT2D eigenvalue weighted by atomic mass is 32.1. The molecule has 1 N–H and O–H groups in total. The third-order valence-corrected chi connectivity index (χ3v) is 7.07. The highest BCUT2D eigenvalue weighted by molar-refractivity contribution is 7.08. The van der Waals surface area contributed by atoms with Crippen LogP contribution in [-0.4, -0.2) is 72.2 Å². The Morgan fingerprint density at radius 1 is 1.19 bits per heavy atom. The van der Waals surface area contributed by atoms with Crippen molar-refractivity contribution in [2.45, 2.75) is 38.2 Å². The molecule has 3 aliphatic rings. The van der Waals surface area contributed by atoms with E-state index in [2.05, 4.69) is 0 Å². The number of amides is 2. The normalized spacial score (nSPS) is 26.3. The molecule has 4 heterocycles. The summed E-state index contributed by atoms with van der Waals surface area (Å²) in [7, 11) is 0. The third-order valence-electron chi connectivity index (χ3n) is 6.39. The summed E-state index contributed by atoms with van der Waals surface area (Å²) in [5, 5.41) is 14.2. The first-order valence-electron chi connectivity index (χ1n) is 9.92. The van der Waals surface area contributed by atoms with Crippen LogP contribution in [0.25, 0.3) is 0 Å². The maximum absolute atomic E-state index is 12.8. The number of rotatable bonds is 2. The predicted octanol–water partition coefficient (Wildman–Crippen LogP) is 1.99. The smallest absolute Gasteiger partial charge is 0.254 e. The Morgan fingerprint density at radius 3 is 2.59 bits per heavy atom. The Kier molecular flexibility index (Phi) is 5.53. The Labute approximate surface area is 164 Å². The van der Waals surface area contributed by atoms with E-state index >= 15 is 0 Å². The number of carbonyl (C=O) groups is 2. The summed E-state index contributed by atoms with van der Waals surface area (Å²) in [5.74, 6) is 0.368. The van der Waals surface area contributed by atoms with Gasteiger partial charge in [-0.2, -0.15) is 11.3 Å². The standard InChI is InChI=1S/C20H28N2O4S/c23-17-11-20(14-22(12-17)19(25)16-3-10-27-13-16)4-6-21(7-5-20)18(24)15-1-8-26-9-2-15/h3,10,13,15,17,23H,1-2,4-9,11-12,14H2. The van der Waals surface area contributed by atoms with Gasteiger partial charge in [-0.1, -0.05) is 0 Å². The van der Waals surface area contributed by atoms with Crippen molar-refractivity contribution < 1.29 is 19.4 Å². The lowest BCUT2D eigenvalue weighted by Gasteiger charge is -2.49. The number of hydrogen-bond donors (Lipinski definition) is 1. The summed E-state index contributed by atoms with van der Waals surface area (Å²) < 4.78 is 5.37. The minimum absolute atomic E-state index is 0.00934. The number of ether oxygens (including phenoxy) is 1. The molecule has 1 spiro atoms. The molecule has 148 valence electrons. The second kappa shape index (κ2) is 7.89. The maximum Gasteiger partial charge on any atom is 0.254 e. The minimum atomic E-state index is -0.487. The maximum atomic E-state index is 12.8. The van der Waals surface area contributed by atoms with Crippen molar-refractivity contribution >= 4 is 23.2 Å². The number of piperidine rings is 2. The Morgan fingerprint density at radius 2 is 1.93 bits per heavy atom. The van der Waals surface area contributed by atoms with Gasteiger partial charge in [0.15, 0.2) is 0 Å². The zero-order valence-electron chi connectivity index (χ0n) is 15.6. The van der Waals surface area contributed by atoms with Crippen molar-refractivity contribution in [1.29, 1.82) is 0 Å². The van der Waals surface area contributed by atoms with Crippen LogP contribution in [0.1, 0.15) is 42.5 Å². The van der Waals surface area contributed by atoms with Crippen LogP contribution in [0.3, 0.4) is 0 Å². The van der Waals surface area contributed by atoms with Crippen molar-refractivity contribution in [2.24, 2.45) is 11.3 Å². The van der Waals surface area contributed by atoms with E-state index in [1.807, 2.05) is 26.6 Å². The SMILES string of the molecule is O=C(c1ccsc1)N1CC(O)CC2(CCN(C(=O)C3CCOCC3)CC2)C1. The van der Waals surface area contributed by atoms with Gasteiger partial charge in [0.05, 0.1) is 11.7 Å². The molecule has 1 aromatic rings. The number of likely N-dealkylation sites (tertiary alicyclic amines) is 2. The van der Waals surface area contributed by atoms with E-state index in [1.165, 1.54) is 11.3 Å².